The van der Waals surface area contributed by atoms with Crippen molar-refractivity contribution in [1.29, 1.82) is 0 Å². The summed E-state index contributed by atoms with van der Waals surface area (Å²) in [4.78, 5) is 0. The predicted octanol–water partition coefficient (Wildman–Crippen LogP) is 3.49. The summed E-state index contributed by atoms with van der Waals surface area (Å²) >= 11 is 0. The molecule has 0 unspecified atom stereocenters. The average Bonchev–Trinajstić information content (AvgIpc) is 2.36. The van der Waals surface area contributed by atoms with Crippen LogP contribution in [0.5, 0.6) is 0 Å². The van der Waals surface area contributed by atoms with E-state index in [1.165, 1.54) is 31.4 Å². The van der Waals surface area contributed by atoms with Crippen molar-refractivity contribution in [3.05, 3.63) is 29.6 Å². The first kappa shape index (κ1) is 13.3. The molecule has 0 atom stereocenters. The fourth-order valence-electron chi connectivity index (χ4n) is 2.82. The molecule has 0 spiro atoms. The van der Waals surface area contributed by atoms with E-state index in [9.17, 15) is 9.50 Å². The number of anilines is 1. The SMILES string of the molecule is Cc1cc(F)cc(NCC2(CO)CCCCC2)c1. The van der Waals surface area contributed by atoms with Crippen molar-refractivity contribution in [2.75, 3.05) is 18.5 Å². The molecule has 1 aliphatic rings. The standard InChI is InChI=1S/C15H22FNO/c1-12-7-13(16)9-14(8-12)17-10-15(11-18)5-3-2-4-6-15/h7-9,17-18H,2-6,10-11H2,1H3. The van der Waals surface area contributed by atoms with E-state index in [0.29, 0.717) is 0 Å². The first-order valence-corrected chi connectivity index (χ1v) is 6.76. The molecular formula is C15H22FNO. The van der Waals surface area contributed by atoms with Crippen LogP contribution in [0.3, 0.4) is 0 Å². The van der Waals surface area contributed by atoms with E-state index in [4.69, 9.17) is 0 Å². The minimum Gasteiger partial charge on any atom is -0.396 e. The van der Waals surface area contributed by atoms with E-state index in [1.807, 2.05) is 13.0 Å². The van der Waals surface area contributed by atoms with E-state index in [1.54, 1.807) is 0 Å². The van der Waals surface area contributed by atoms with Gasteiger partial charge < -0.3 is 10.4 Å². The largest absolute Gasteiger partial charge is 0.396 e. The molecular weight excluding hydrogens is 229 g/mol. The molecule has 0 bridgehead atoms. The van der Waals surface area contributed by atoms with Crippen molar-refractivity contribution in [2.24, 2.45) is 5.41 Å². The minimum absolute atomic E-state index is 0.0154. The molecule has 2 nitrogen and oxygen atoms in total. The first-order chi connectivity index (χ1) is 8.63. The zero-order valence-corrected chi connectivity index (χ0v) is 11.0. The third-order valence-corrected chi connectivity index (χ3v) is 3.96. The molecule has 1 aliphatic carbocycles. The zero-order valence-electron chi connectivity index (χ0n) is 11.0. The number of halogens is 1. The number of benzene rings is 1. The number of aliphatic hydroxyl groups is 1. The van der Waals surface area contributed by atoms with Crippen molar-refractivity contribution in [3.63, 3.8) is 0 Å². The fraction of sp³-hybridized carbons (Fsp3) is 0.600. The number of hydrogen-bond donors (Lipinski definition) is 2. The van der Waals surface area contributed by atoms with Gasteiger partial charge in [-0.2, -0.15) is 0 Å². The maximum absolute atomic E-state index is 13.3. The lowest BCUT2D eigenvalue weighted by molar-refractivity contribution is 0.0944. The van der Waals surface area contributed by atoms with Gasteiger partial charge in [-0.05, 0) is 43.5 Å². The number of nitrogens with one attached hydrogen (secondary N) is 1. The van der Waals surface area contributed by atoms with Gasteiger partial charge in [-0.25, -0.2) is 4.39 Å². The van der Waals surface area contributed by atoms with Crippen LogP contribution in [-0.4, -0.2) is 18.3 Å². The highest BCUT2D eigenvalue weighted by atomic mass is 19.1. The summed E-state index contributed by atoms with van der Waals surface area (Å²) in [5, 5.41) is 12.9. The number of aryl methyl sites for hydroxylation is 1. The normalized spacial score (nSPS) is 18.6. The van der Waals surface area contributed by atoms with Crippen LogP contribution < -0.4 is 5.32 Å². The Hall–Kier alpha value is -1.09. The Morgan fingerprint density at radius 1 is 1.22 bits per heavy atom. The van der Waals surface area contributed by atoms with E-state index in [0.717, 1.165) is 30.6 Å². The third-order valence-electron chi connectivity index (χ3n) is 3.96. The van der Waals surface area contributed by atoms with Crippen molar-refractivity contribution in [3.8, 4) is 0 Å². The molecule has 3 heteroatoms. The topological polar surface area (TPSA) is 32.3 Å². The van der Waals surface area contributed by atoms with Gasteiger partial charge in [0.2, 0.25) is 0 Å². The highest BCUT2D eigenvalue weighted by Gasteiger charge is 2.31. The van der Waals surface area contributed by atoms with E-state index in [-0.39, 0.29) is 17.8 Å². The molecule has 1 aromatic rings. The summed E-state index contributed by atoms with van der Waals surface area (Å²) in [5.41, 5.74) is 1.71. The van der Waals surface area contributed by atoms with Crippen LogP contribution in [0.1, 0.15) is 37.7 Å². The molecule has 0 aliphatic heterocycles. The van der Waals surface area contributed by atoms with Gasteiger partial charge in [-0.1, -0.05) is 19.3 Å². The lowest BCUT2D eigenvalue weighted by atomic mass is 9.74. The second kappa shape index (κ2) is 5.70. The lowest BCUT2D eigenvalue weighted by Gasteiger charge is -2.36. The minimum atomic E-state index is -0.209. The van der Waals surface area contributed by atoms with E-state index in [2.05, 4.69) is 5.32 Å². The van der Waals surface area contributed by atoms with Crippen molar-refractivity contribution < 1.29 is 9.50 Å². The van der Waals surface area contributed by atoms with Gasteiger partial charge in [0.1, 0.15) is 5.82 Å². The third kappa shape index (κ3) is 3.22. The molecule has 1 fully saturated rings. The van der Waals surface area contributed by atoms with Crippen molar-refractivity contribution in [2.45, 2.75) is 39.0 Å². The molecule has 0 aromatic heterocycles. The maximum Gasteiger partial charge on any atom is 0.125 e. The Morgan fingerprint density at radius 2 is 1.94 bits per heavy atom. The summed E-state index contributed by atoms with van der Waals surface area (Å²) in [5.74, 6) is -0.209. The smallest absolute Gasteiger partial charge is 0.125 e. The molecule has 0 radical (unpaired) electrons. The lowest BCUT2D eigenvalue weighted by Crippen LogP contribution is -2.35. The number of hydrogen-bond acceptors (Lipinski definition) is 2. The number of aliphatic hydroxyl groups excluding tert-OH is 1. The summed E-state index contributed by atoms with van der Waals surface area (Å²) in [6.07, 6.45) is 5.76. The van der Waals surface area contributed by atoms with Crippen LogP contribution in [0.4, 0.5) is 10.1 Å². The Labute approximate surface area is 108 Å². The van der Waals surface area contributed by atoms with Crippen molar-refractivity contribution >= 4 is 5.69 Å². The second-order valence-corrected chi connectivity index (χ2v) is 5.59. The quantitative estimate of drug-likeness (QED) is 0.858. The van der Waals surface area contributed by atoms with Gasteiger partial charge in [0, 0.05) is 17.6 Å². The van der Waals surface area contributed by atoms with Gasteiger partial charge in [0.25, 0.3) is 0 Å². The zero-order chi connectivity index (χ0) is 13.0. The van der Waals surface area contributed by atoms with Crippen LogP contribution in [-0.2, 0) is 0 Å². The highest BCUT2D eigenvalue weighted by Crippen LogP contribution is 2.36. The van der Waals surface area contributed by atoms with E-state index >= 15 is 0 Å². The summed E-state index contributed by atoms with van der Waals surface area (Å²) < 4.78 is 13.3. The summed E-state index contributed by atoms with van der Waals surface area (Å²) in [6.45, 7) is 2.83. The predicted molar refractivity (Wildman–Crippen MR) is 72.2 cm³/mol. The molecule has 18 heavy (non-hydrogen) atoms. The Kier molecular flexibility index (Phi) is 4.23. The second-order valence-electron chi connectivity index (χ2n) is 5.59. The van der Waals surface area contributed by atoms with Crippen molar-refractivity contribution in [1.82, 2.24) is 0 Å². The van der Waals surface area contributed by atoms with Gasteiger partial charge in [-0.3, -0.25) is 0 Å². The molecule has 2 rings (SSSR count). The molecule has 0 heterocycles. The molecule has 100 valence electrons. The monoisotopic (exact) mass is 251 g/mol. The van der Waals surface area contributed by atoms with Crippen LogP contribution in [0.2, 0.25) is 0 Å². The van der Waals surface area contributed by atoms with Gasteiger partial charge >= 0.3 is 0 Å². The highest BCUT2D eigenvalue weighted by molar-refractivity contribution is 5.46. The van der Waals surface area contributed by atoms with Crippen LogP contribution in [0, 0.1) is 18.2 Å². The maximum atomic E-state index is 13.3. The molecule has 0 amide bonds. The Balaban J connectivity index is 2.00. The fourth-order valence-corrected chi connectivity index (χ4v) is 2.82. The Morgan fingerprint density at radius 3 is 2.56 bits per heavy atom. The number of rotatable bonds is 4. The van der Waals surface area contributed by atoms with Gasteiger partial charge in [0.15, 0.2) is 0 Å². The van der Waals surface area contributed by atoms with Crippen LogP contribution in [0.25, 0.3) is 0 Å². The van der Waals surface area contributed by atoms with Crippen LogP contribution in [0.15, 0.2) is 18.2 Å². The summed E-state index contributed by atoms with van der Waals surface area (Å²) in [7, 11) is 0. The molecule has 2 N–H and O–H groups in total. The average molecular weight is 251 g/mol. The Bertz CT molecular complexity index is 379. The first-order valence-electron chi connectivity index (χ1n) is 6.76. The van der Waals surface area contributed by atoms with Crippen LogP contribution >= 0.6 is 0 Å². The molecule has 0 saturated heterocycles. The van der Waals surface area contributed by atoms with Gasteiger partial charge in [-0.15, -0.1) is 0 Å². The summed E-state index contributed by atoms with van der Waals surface area (Å²) in [6, 6.07) is 4.98. The molecule has 1 saturated carbocycles. The molecule has 1 aromatic carbocycles. The van der Waals surface area contributed by atoms with Gasteiger partial charge in [0.05, 0.1) is 6.61 Å². The van der Waals surface area contributed by atoms with E-state index < -0.39 is 0 Å².